The minimum Gasteiger partial charge on any atom is -0.399 e. The summed E-state index contributed by atoms with van der Waals surface area (Å²) in [4.78, 5) is 4.60. The molecule has 1 aromatic heterocycles. The van der Waals surface area contributed by atoms with Crippen LogP contribution in [0.25, 0.3) is 10.9 Å². The third kappa shape index (κ3) is 2.83. The van der Waals surface area contributed by atoms with Gasteiger partial charge in [-0.25, -0.2) is 4.98 Å². The van der Waals surface area contributed by atoms with Crippen molar-refractivity contribution in [3.05, 3.63) is 59.8 Å². The van der Waals surface area contributed by atoms with Gasteiger partial charge in [0.05, 0.1) is 28.8 Å². The van der Waals surface area contributed by atoms with Crippen LogP contribution in [0.15, 0.2) is 53.6 Å². The van der Waals surface area contributed by atoms with Gasteiger partial charge in [0.2, 0.25) is 0 Å². The molecule has 0 atom stereocenters. The summed E-state index contributed by atoms with van der Waals surface area (Å²) < 4.78 is 0. The van der Waals surface area contributed by atoms with E-state index in [1.165, 1.54) is 0 Å². The van der Waals surface area contributed by atoms with Gasteiger partial charge >= 0.3 is 0 Å². The fourth-order valence-corrected chi connectivity index (χ4v) is 2.23. The lowest BCUT2D eigenvalue weighted by Crippen LogP contribution is -1.98. The van der Waals surface area contributed by atoms with Gasteiger partial charge in [-0.05, 0) is 36.8 Å². The predicted molar refractivity (Wildman–Crippen MR) is 93.0 cm³/mol. The number of hydrogen-bond acceptors (Lipinski definition) is 5. The zero-order valence-corrected chi connectivity index (χ0v) is 12.2. The number of nitrogen functional groups attached to an aromatic ring is 2. The zero-order chi connectivity index (χ0) is 15.5. The van der Waals surface area contributed by atoms with E-state index in [0.29, 0.717) is 17.1 Å². The molecular formula is C17H17N5. The number of para-hydroxylation sites is 1. The summed E-state index contributed by atoms with van der Waals surface area (Å²) in [5.41, 5.74) is 19.2. The van der Waals surface area contributed by atoms with Crippen molar-refractivity contribution in [3.8, 4) is 0 Å². The summed E-state index contributed by atoms with van der Waals surface area (Å²) in [7, 11) is 0. The molecule has 5 nitrogen and oxygen atoms in total. The van der Waals surface area contributed by atoms with Gasteiger partial charge in [-0.3, -0.25) is 5.43 Å². The number of nitrogens with two attached hydrogens (primary N) is 2. The first kappa shape index (κ1) is 13.9. The normalized spacial score (nSPS) is 11.1. The second-order valence-electron chi connectivity index (χ2n) is 5.10. The lowest BCUT2D eigenvalue weighted by atomic mass is 10.1. The molecule has 0 aliphatic heterocycles. The van der Waals surface area contributed by atoms with Gasteiger partial charge in [0.25, 0.3) is 0 Å². The largest absolute Gasteiger partial charge is 0.399 e. The molecule has 0 saturated carbocycles. The molecule has 0 aliphatic rings. The molecule has 0 bridgehead atoms. The van der Waals surface area contributed by atoms with Crippen molar-refractivity contribution in [1.82, 2.24) is 4.98 Å². The minimum atomic E-state index is 0.555. The lowest BCUT2D eigenvalue weighted by molar-refractivity contribution is 1.31. The van der Waals surface area contributed by atoms with Crippen molar-refractivity contribution in [1.29, 1.82) is 0 Å². The molecule has 0 unspecified atom stereocenters. The Morgan fingerprint density at radius 1 is 1.09 bits per heavy atom. The van der Waals surface area contributed by atoms with Crippen LogP contribution in [0.1, 0.15) is 11.3 Å². The van der Waals surface area contributed by atoms with Gasteiger partial charge in [0, 0.05) is 11.1 Å². The Morgan fingerprint density at radius 2 is 1.95 bits per heavy atom. The molecule has 0 aliphatic carbocycles. The highest BCUT2D eigenvalue weighted by Gasteiger charge is 2.00. The average Bonchev–Trinajstić information content (AvgIpc) is 2.50. The van der Waals surface area contributed by atoms with Gasteiger partial charge in [0.1, 0.15) is 0 Å². The topological polar surface area (TPSA) is 89.3 Å². The Bertz CT molecular complexity index is 855. The van der Waals surface area contributed by atoms with Crippen LogP contribution in [0.3, 0.4) is 0 Å². The minimum absolute atomic E-state index is 0.555. The zero-order valence-electron chi connectivity index (χ0n) is 12.2. The fourth-order valence-electron chi connectivity index (χ4n) is 2.23. The van der Waals surface area contributed by atoms with Crippen LogP contribution in [0, 0.1) is 6.92 Å². The SMILES string of the molecule is Cc1cccc2ccc(/C=N/Nc3ccc(N)cc3N)nc12. The number of hydrazone groups is 1. The first-order valence-electron chi connectivity index (χ1n) is 6.94. The second kappa shape index (κ2) is 5.73. The Morgan fingerprint density at radius 3 is 2.77 bits per heavy atom. The second-order valence-corrected chi connectivity index (χ2v) is 5.10. The maximum Gasteiger partial charge on any atom is 0.0838 e. The molecule has 110 valence electrons. The number of rotatable bonds is 3. The molecule has 3 rings (SSSR count). The van der Waals surface area contributed by atoms with Gasteiger partial charge < -0.3 is 11.5 Å². The fraction of sp³-hybridized carbons (Fsp3) is 0.0588. The van der Waals surface area contributed by atoms with Crippen LogP contribution in [-0.4, -0.2) is 11.2 Å². The van der Waals surface area contributed by atoms with Crippen LogP contribution in [0.5, 0.6) is 0 Å². The van der Waals surface area contributed by atoms with Crippen molar-refractivity contribution < 1.29 is 0 Å². The predicted octanol–water partition coefficient (Wildman–Crippen LogP) is 3.15. The molecule has 0 saturated heterocycles. The van der Waals surface area contributed by atoms with Crippen molar-refractivity contribution in [3.63, 3.8) is 0 Å². The highest BCUT2D eigenvalue weighted by molar-refractivity contribution is 5.87. The maximum absolute atomic E-state index is 5.86. The van der Waals surface area contributed by atoms with Crippen molar-refractivity contribution >= 4 is 34.2 Å². The first-order chi connectivity index (χ1) is 10.6. The molecule has 5 N–H and O–H groups in total. The molecule has 1 heterocycles. The van der Waals surface area contributed by atoms with Crippen LogP contribution >= 0.6 is 0 Å². The van der Waals surface area contributed by atoms with Crippen molar-refractivity contribution in [2.45, 2.75) is 6.92 Å². The Labute approximate surface area is 128 Å². The summed E-state index contributed by atoms with van der Waals surface area (Å²) >= 11 is 0. The Hall–Kier alpha value is -3.08. The van der Waals surface area contributed by atoms with Crippen LogP contribution < -0.4 is 16.9 Å². The van der Waals surface area contributed by atoms with E-state index < -0.39 is 0 Å². The molecular weight excluding hydrogens is 274 g/mol. The van der Waals surface area contributed by atoms with Crippen molar-refractivity contribution in [2.75, 3.05) is 16.9 Å². The summed E-state index contributed by atoms with van der Waals surface area (Å²) in [6.45, 7) is 2.05. The molecule has 0 spiro atoms. The highest BCUT2D eigenvalue weighted by Crippen LogP contribution is 2.21. The first-order valence-corrected chi connectivity index (χ1v) is 6.94. The molecule has 5 heteroatoms. The smallest absolute Gasteiger partial charge is 0.0838 e. The standard InChI is InChI=1S/C17H17N5/c1-11-3-2-4-12-5-7-14(21-17(11)12)10-20-22-16-8-6-13(18)9-15(16)19/h2-10,22H,18-19H2,1H3/b20-10+. The molecule has 2 aromatic carbocycles. The van der Waals surface area contributed by atoms with Gasteiger partial charge in [-0.15, -0.1) is 0 Å². The Balaban J connectivity index is 1.82. The Kier molecular flexibility index (Phi) is 3.62. The van der Waals surface area contributed by atoms with Gasteiger partial charge in [-0.1, -0.05) is 24.3 Å². The third-order valence-corrected chi connectivity index (χ3v) is 3.40. The summed E-state index contributed by atoms with van der Waals surface area (Å²) in [6.07, 6.45) is 1.67. The quantitative estimate of drug-likeness (QED) is 0.393. The molecule has 0 fully saturated rings. The third-order valence-electron chi connectivity index (χ3n) is 3.40. The van der Waals surface area contributed by atoms with Crippen LogP contribution in [-0.2, 0) is 0 Å². The van der Waals surface area contributed by atoms with Crippen LogP contribution in [0.2, 0.25) is 0 Å². The van der Waals surface area contributed by atoms with E-state index in [2.05, 4.69) is 15.5 Å². The lowest BCUT2D eigenvalue weighted by Gasteiger charge is -2.05. The van der Waals surface area contributed by atoms with Gasteiger partial charge in [0.15, 0.2) is 0 Å². The molecule has 3 aromatic rings. The number of benzene rings is 2. The van der Waals surface area contributed by atoms with E-state index >= 15 is 0 Å². The van der Waals surface area contributed by atoms with E-state index in [1.807, 2.05) is 37.3 Å². The molecule has 0 amide bonds. The summed E-state index contributed by atoms with van der Waals surface area (Å²) in [6, 6.07) is 15.3. The highest BCUT2D eigenvalue weighted by atomic mass is 15.3. The van der Waals surface area contributed by atoms with Crippen LogP contribution in [0.4, 0.5) is 17.1 Å². The van der Waals surface area contributed by atoms with E-state index in [1.54, 1.807) is 24.4 Å². The number of pyridine rings is 1. The number of hydrogen-bond donors (Lipinski definition) is 3. The van der Waals surface area contributed by atoms with Crippen molar-refractivity contribution in [2.24, 2.45) is 5.10 Å². The number of anilines is 3. The summed E-state index contributed by atoms with van der Waals surface area (Å²) in [5.74, 6) is 0. The van der Waals surface area contributed by atoms with E-state index in [-0.39, 0.29) is 0 Å². The maximum atomic E-state index is 5.86. The average molecular weight is 291 g/mol. The number of nitrogens with zero attached hydrogens (tertiary/aromatic N) is 2. The summed E-state index contributed by atoms with van der Waals surface area (Å²) in [5, 5.41) is 5.30. The number of aryl methyl sites for hydroxylation is 1. The number of aromatic nitrogens is 1. The van der Waals surface area contributed by atoms with E-state index in [9.17, 15) is 0 Å². The van der Waals surface area contributed by atoms with Gasteiger partial charge in [-0.2, -0.15) is 5.10 Å². The number of fused-ring (bicyclic) bond motifs is 1. The molecule has 0 radical (unpaired) electrons. The number of nitrogens with one attached hydrogen (secondary N) is 1. The van der Waals surface area contributed by atoms with E-state index in [4.69, 9.17) is 11.5 Å². The van der Waals surface area contributed by atoms with E-state index in [0.717, 1.165) is 22.2 Å². The molecule has 22 heavy (non-hydrogen) atoms. The monoisotopic (exact) mass is 291 g/mol.